The van der Waals surface area contributed by atoms with Crippen LogP contribution in [-0.2, 0) is 0 Å². The van der Waals surface area contributed by atoms with Gasteiger partial charge in [-0.05, 0) is 49.8 Å². The van der Waals surface area contributed by atoms with Crippen molar-refractivity contribution in [1.82, 2.24) is 4.98 Å². The Hall–Kier alpha value is -1.09. The van der Waals surface area contributed by atoms with Crippen molar-refractivity contribution >= 4 is 26.8 Å². The lowest BCUT2D eigenvalue weighted by molar-refractivity contribution is 1.04. The molecule has 3 heteroatoms. The number of aromatic nitrogens is 1. The molecule has 0 saturated heterocycles. The molecule has 88 valence electrons. The van der Waals surface area contributed by atoms with E-state index in [2.05, 4.69) is 33.9 Å². The average Bonchev–Trinajstić information content (AvgIpc) is 3.08. The number of hydrogen-bond acceptors (Lipinski definition) is 1. The van der Waals surface area contributed by atoms with E-state index in [-0.39, 0.29) is 5.43 Å². The van der Waals surface area contributed by atoms with E-state index in [1.54, 1.807) is 6.07 Å². The quantitative estimate of drug-likeness (QED) is 0.852. The summed E-state index contributed by atoms with van der Waals surface area (Å²) in [5, 5.41) is 0.812. The number of hydrogen-bond donors (Lipinski definition) is 1. The second kappa shape index (κ2) is 3.70. The van der Waals surface area contributed by atoms with Gasteiger partial charge in [-0.15, -0.1) is 0 Å². The number of aromatic amines is 1. The fraction of sp³-hybridized carbons (Fsp3) is 0.357. The smallest absolute Gasteiger partial charge is 0.189 e. The van der Waals surface area contributed by atoms with Crippen LogP contribution < -0.4 is 5.43 Å². The zero-order chi connectivity index (χ0) is 12.2. The van der Waals surface area contributed by atoms with Crippen molar-refractivity contribution in [2.24, 2.45) is 0 Å². The van der Waals surface area contributed by atoms with Gasteiger partial charge in [-0.3, -0.25) is 4.79 Å². The highest BCUT2D eigenvalue weighted by Crippen LogP contribution is 2.39. The number of halogens is 1. The van der Waals surface area contributed by atoms with Crippen LogP contribution >= 0.6 is 15.9 Å². The zero-order valence-corrected chi connectivity index (χ0v) is 11.5. The largest absolute Gasteiger partial charge is 0.358 e. The van der Waals surface area contributed by atoms with Gasteiger partial charge in [0.2, 0.25) is 0 Å². The van der Waals surface area contributed by atoms with E-state index in [0.717, 1.165) is 26.6 Å². The molecule has 3 rings (SSSR count). The van der Waals surface area contributed by atoms with Gasteiger partial charge in [-0.25, -0.2) is 0 Å². The van der Waals surface area contributed by atoms with Gasteiger partial charge in [-0.2, -0.15) is 0 Å². The summed E-state index contributed by atoms with van der Waals surface area (Å²) in [5.74, 6) is 0.580. The van der Waals surface area contributed by atoms with Gasteiger partial charge in [0.25, 0.3) is 0 Å². The van der Waals surface area contributed by atoms with Crippen LogP contribution in [0.5, 0.6) is 0 Å². The molecule has 0 unspecified atom stereocenters. The van der Waals surface area contributed by atoms with Crippen molar-refractivity contribution < 1.29 is 0 Å². The molecule has 0 amide bonds. The van der Waals surface area contributed by atoms with Crippen molar-refractivity contribution in [2.45, 2.75) is 32.6 Å². The minimum absolute atomic E-state index is 0.138. The van der Waals surface area contributed by atoms with Gasteiger partial charge < -0.3 is 4.98 Å². The molecule has 1 aromatic heterocycles. The first kappa shape index (κ1) is 11.0. The molecule has 1 aromatic carbocycles. The van der Waals surface area contributed by atoms with Crippen LogP contribution in [0.25, 0.3) is 10.9 Å². The minimum Gasteiger partial charge on any atom is -0.358 e. The summed E-state index contributed by atoms with van der Waals surface area (Å²) >= 11 is 3.54. The summed E-state index contributed by atoms with van der Waals surface area (Å²) in [5.41, 5.74) is 4.40. The third-order valence-electron chi connectivity index (χ3n) is 3.51. The van der Waals surface area contributed by atoms with Crippen LogP contribution in [-0.4, -0.2) is 4.98 Å². The number of H-pyrrole nitrogens is 1. The number of nitrogens with one attached hydrogen (secondary N) is 1. The third-order valence-corrected chi connectivity index (χ3v) is 4.73. The van der Waals surface area contributed by atoms with Gasteiger partial charge in [0.15, 0.2) is 5.43 Å². The summed E-state index contributed by atoms with van der Waals surface area (Å²) < 4.78 is 1.04. The maximum absolute atomic E-state index is 12.2. The molecule has 1 N–H and O–H groups in total. The van der Waals surface area contributed by atoms with Gasteiger partial charge in [-0.1, -0.05) is 15.9 Å². The van der Waals surface area contributed by atoms with E-state index in [1.165, 1.54) is 18.4 Å². The summed E-state index contributed by atoms with van der Waals surface area (Å²) in [6, 6.07) is 3.83. The van der Waals surface area contributed by atoms with Gasteiger partial charge in [0, 0.05) is 21.6 Å². The van der Waals surface area contributed by atoms with Crippen molar-refractivity contribution in [1.29, 1.82) is 0 Å². The molecular weight excluding hydrogens is 278 g/mol. The molecule has 17 heavy (non-hydrogen) atoms. The van der Waals surface area contributed by atoms with Crippen LogP contribution in [0.3, 0.4) is 0 Å². The average molecular weight is 292 g/mol. The van der Waals surface area contributed by atoms with E-state index in [0.29, 0.717) is 5.92 Å². The molecule has 0 bridgehead atoms. The Morgan fingerprint density at radius 1 is 1.29 bits per heavy atom. The molecule has 1 aliphatic carbocycles. The minimum atomic E-state index is 0.138. The highest BCUT2D eigenvalue weighted by Gasteiger charge is 2.25. The number of fused-ring (bicyclic) bond motifs is 1. The van der Waals surface area contributed by atoms with Crippen LogP contribution in [0.1, 0.15) is 35.6 Å². The van der Waals surface area contributed by atoms with Gasteiger partial charge in [0.05, 0.1) is 5.52 Å². The number of pyridine rings is 1. The zero-order valence-electron chi connectivity index (χ0n) is 9.93. The Bertz CT molecular complexity index is 668. The Labute approximate surface area is 108 Å². The number of aryl methyl sites for hydroxylation is 2. The first-order valence-corrected chi connectivity index (χ1v) is 6.70. The van der Waals surface area contributed by atoms with Crippen LogP contribution in [0, 0.1) is 13.8 Å². The highest BCUT2D eigenvalue weighted by atomic mass is 79.9. The Morgan fingerprint density at radius 2 is 2.00 bits per heavy atom. The molecule has 0 atom stereocenters. The standard InChI is InChI=1S/C14H14BrNO/c1-7-5-11-13(8(2)14(7)15)12(17)6-10(16-11)9-3-4-9/h5-6,9H,3-4H2,1-2H3,(H,16,17). The normalized spacial score (nSPS) is 15.5. The topological polar surface area (TPSA) is 32.9 Å². The van der Waals surface area contributed by atoms with E-state index < -0.39 is 0 Å². The van der Waals surface area contributed by atoms with E-state index in [1.807, 2.05) is 6.92 Å². The van der Waals surface area contributed by atoms with E-state index >= 15 is 0 Å². The van der Waals surface area contributed by atoms with Gasteiger partial charge >= 0.3 is 0 Å². The summed E-state index contributed by atoms with van der Waals surface area (Å²) in [7, 11) is 0. The summed E-state index contributed by atoms with van der Waals surface area (Å²) in [4.78, 5) is 15.6. The van der Waals surface area contributed by atoms with Crippen molar-refractivity contribution in [3.8, 4) is 0 Å². The van der Waals surface area contributed by atoms with E-state index in [4.69, 9.17) is 0 Å². The predicted octanol–water partition coefficient (Wildman–Crippen LogP) is 3.78. The molecule has 0 radical (unpaired) electrons. The lowest BCUT2D eigenvalue weighted by atomic mass is 10.0. The molecule has 1 heterocycles. The van der Waals surface area contributed by atoms with Crippen molar-refractivity contribution in [3.05, 3.63) is 43.6 Å². The molecule has 2 aromatic rings. The molecule has 0 aliphatic heterocycles. The maximum Gasteiger partial charge on any atom is 0.189 e. The third kappa shape index (κ3) is 1.73. The molecule has 0 spiro atoms. The lowest BCUT2D eigenvalue weighted by Gasteiger charge is -2.09. The molecule has 1 aliphatic rings. The monoisotopic (exact) mass is 291 g/mol. The Kier molecular flexibility index (Phi) is 2.40. The SMILES string of the molecule is Cc1cc2[nH]c(C3CC3)cc(=O)c2c(C)c1Br. The predicted molar refractivity (Wildman–Crippen MR) is 73.7 cm³/mol. The molecular formula is C14H14BrNO. The summed E-state index contributed by atoms with van der Waals surface area (Å²) in [6.45, 7) is 4.05. The van der Waals surface area contributed by atoms with Crippen molar-refractivity contribution in [2.75, 3.05) is 0 Å². The Morgan fingerprint density at radius 3 is 2.65 bits per heavy atom. The van der Waals surface area contributed by atoms with Crippen LogP contribution in [0.15, 0.2) is 21.4 Å². The van der Waals surface area contributed by atoms with Crippen LogP contribution in [0.4, 0.5) is 0 Å². The molecule has 1 fully saturated rings. The summed E-state index contributed by atoms with van der Waals surface area (Å²) in [6.07, 6.45) is 2.41. The van der Waals surface area contributed by atoms with Gasteiger partial charge in [0.1, 0.15) is 0 Å². The first-order chi connectivity index (χ1) is 8.08. The fourth-order valence-corrected chi connectivity index (χ4v) is 2.71. The highest BCUT2D eigenvalue weighted by molar-refractivity contribution is 9.10. The van der Waals surface area contributed by atoms with Crippen molar-refractivity contribution in [3.63, 3.8) is 0 Å². The number of rotatable bonds is 1. The first-order valence-electron chi connectivity index (χ1n) is 5.90. The lowest BCUT2D eigenvalue weighted by Crippen LogP contribution is -2.07. The second-order valence-electron chi connectivity index (χ2n) is 4.92. The molecule has 1 saturated carbocycles. The second-order valence-corrected chi connectivity index (χ2v) is 5.71. The maximum atomic E-state index is 12.2. The number of benzene rings is 1. The fourth-order valence-electron chi connectivity index (χ4n) is 2.39. The molecule has 2 nitrogen and oxygen atoms in total. The Balaban J connectivity index is 2.39. The van der Waals surface area contributed by atoms with Crippen LogP contribution in [0.2, 0.25) is 0 Å². The van der Waals surface area contributed by atoms with E-state index in [9.17, 15) is 4.79 Å².